The molecule has 8 heteroatoms. The van der Waals surface area contributed by atoms with Gasteiger partial charge in [0.15, 0.2) is 0 Å². The van der Waals surface area contributed by atoms with Crippen LogP contribution in [0.1, 0.15) is 31.0 Å². The molecule has 0 aliphatic rings. The van der Waals surface area contributed by atoms with Crippen LogP contribution in [0.2, 0.25) is 19.6 Å². The third-order valence-corrected chi connectivity index (χ3v) is 6.75. The summed E-state index contributed by atoms with van der Waals surface area (Å²) in [6.45, 7) is 10.9. The van der Waals surface area contributed by atoms with Gasteiger partial charge in [0.1, 0.15) is 5.82 Å². The van der Waals surface area contributed by atoms with E-state index in [1.807, 2.05) is 13.8 Å². The number of aromatic nitrogens is 2. The van der Waals surface area contributed by atoms with Crippen molar-refractivity contribution in [1.82, 2.24) is 9.97 Å². The monoisotopic (exact) mass is 409 g/mol. The fourth-order valence-corrected chi connectivity index (χ4v) is 4.59. The first-order valence-corrected chi connectivity index (χ1v) is 14.5. The van der Waals surface area contributed by atoms with Crippen LogP contribution in [-0.4, -0.2) is 39.8 Å². The van der Waals surface area contributed by atoms with Crippen LogP contribution in [-0.2, 0) is 16.1 Å². The molecule has 2 aromatic rings. The van der Waals surface area contributed by atoms with Gasteiger partial charge < -0.3 is 0 Å². The molecule has 0 aliphatic carbocycles. The van der Waals surface area contributed by atoms with Gasteiger partial charge in [0.25, 0.3) is 0 Å². The lowest BCUT2D eigenvalue weighted by molar-refractivity contribution is 0.599. The Morgan fingerprint density at radius 1 is 1.11 bits per heavy atom. The Balaban J connectivity index is 2.82. The Morgan fingerprint density at radius 2 is 1.67 bits per heavy atom. The van der Waals surface area contributed by atoms with Gasteiger partial charge in [-0.2, -0.15) is 0 Å². The maximum atomic E-state index is 13.4. The first-order valence-electron chi connectivity index (χ1n) is 8.90. The summed E-state index contributed by atoms with van der Waals surface area (Å²) in [5, 5.41) is 0. The summed E-state index contributed by atoms with van der Waals surface area (Å²) in [5.74, 6) is -0.0813. The molecule has 0 bridgehead atoms. The Hall–Kier alpha value is -1.80. The highest BCUT2D eigenvalue weighted by Gasteiger charge is 2.26. The highest BCUT2D eigenvalue weighted by molar-refractivity contribution is 7.92. The lowest BCUT2D eigenvalue weighted by Crippen LogP contribution is -2.29. The molecule has 5 nitrogen and oxygen atoms in total. The average molecular weight is 410 g/mol. The van der Waals surface area contributed by atoms with Crippen LogP contribution in [0.3, 0.4) is 0 Å². The van der Waals surface area contributed by atoms with Gasteiger partial charge in [-0.25, -0.2) is 27.1 Å². The molecule has 0 spiro atoms. The van der Waals surface area contributed by atoms with E-state index >= 15 is 0 Å². The van der Waals surface area contributed by atoms with Gasteiger partial charge in [0.05, 0.1) is 17.6 Å². The summed E-state index contributed by atoms with van der Waals surface area (Å²) >= 11 is 0. The number of halogens is 1. The molecule has 0 unspecified atom stereocenters. The fourth-order valence-electron chi connectivity index (χ4n) is 2.81. The summed E-state index contributed by atoms with van der Waals surface area (Å²) in [5.41, 5.74) is 3.32. The van der Waals surface area contributed by atoms with Crippen molar-refractivity contribution in [3.05, 3.63) is 41.3 Å². The Bertz CT molecular complexity index is 923. The van der Waals surface area contributed by atoms with Crippen LogP contribution in [0.4, 0.5) is 10.3 Å². The lowest BCUT2D eigenvalue weighted by atomic mass is 9.99. The molecule has 2 rings (SSSR count). The number of hydrogen-bond donors (Lipinski definition) is 0. The standard InChI is InChI=1S/C19H28FN3O2SSi/c1-13(2)17-16(12-27(5,6)7)18(14-8-10-15(20)11-9-14)22-19(21-17)23(3)26(4,24)25/h8-11,13H,12H2,1-7H3. The molecule has 0 radical (unpaired) electrons. The summed E-state index contributed by atoms with van der Waals surface area (Å²) in [7, 11) is -3.57. The molecule has 1 aromatic carbocycles. The number of sulfonamides is 1. The minimum absolute atomic E-state index is 0.102. The Kier molecular flexibility index (Phi) is 6.11. The van der Waals surface area contributed by atoms with Crippen molar-refractivity contribution in [2.45, 2.75) is 45.5 Å². The molecule has 148 valence electrons. The molecule has 0 saturated carbocycles. The first-order chi connectivity index (χ1) is 12.3. The zero-order chi connectivity index (χ0) is 20.6. The summed E-state index contributed by atoms with van der Waals surface area (Å²) < 4.78 is 38.6. The smallest absolute Gasteiger partial charge is 0.239 e. The third kappa shape index (κ3) is 5.35. The van der Waals surface area contributed by atoms with Crippen LogP contribution >= 0.6 is 0 Å². The minimum Gasteiger partial charge on any atom is -0.241 e. The van der Waals surface area contributed by atoms with E-state index in [0.717, 1.165) is 33.4 Å². The number of hydrogen-bond acceptors (Lipinski definition) is 4. The van der Waals surface area contributed by atoms with Crippen molar-refractivity contribution >= 4 is 24.0 Å². The SMILES string of the molecule is CC(C)c1nc(N(C)S(C)(=O)=O)nc(-c2ccc(F)cc2)c1C[Si](C)(C)C. The Morgan fingerprint density at radius 3 is 2.11 bits per heavy atom. The zero-order valence-corrected chi connectivity index (χ0v) is 18.9. The second-order valence-electron chi connectivity index (χ2n) is 8.37. The van der Waals surface area contributed by atoms with Crippen molar-refractivity contribution < 1.29 is 12.8 Å². The van der Waals surface area contributed by atoms with Crippen molar-refractivity contribution in [3.63, 3.8) is 0 Å². The Labute approximate surface area is 162 Å². The van der Waals surface area contributed by atoms with Crippen LogP contribution < -0.4 is 4.31 Å². The highest BCUT2D eigenvalue weighted by Crippen LogP contribution is 2.32. The van der Waals surface area contributed by atoms with Crippen LogP contribution in [0.15, 0.2) is 24.3 Å². The van der Waals surface area contributed by atoms with Crippen LogP contribution in [0.5, 0.6) is 0 Å². The van der Waals surface area contributed by atoms with Crippen molar-refractivity contribution in [1.29, 1.82) is 0 Å². The number of rotatable bonds is 6. The normalized spacial score (nSPS) is 12.5. The largest absolute Gasteiger partial charge is 0.241 e. The number of nitrogens with zero attached hydrogens (tertiary/aromatic N) is 3. The van der Waals surface area contributed by atoms with Crippen LogP contribution in [0.25, 0.3) is 11.3 Å². The fraction of sp³-hybridized carbons (Fsp3) is 0.474. The second kappa shape index (κ2) is 7.67. The third-order valence-electron chi connectivity index (χ3n) is 4.18. The molecule has 0 amide bonds. The van der Waals surface area contributed by atoms with E-state index < -0.39 is 18.1 Å². The highest BCUT2D eigenvalue weighted by atomic mass is 32.2. The maximum Gasteiger partial charge on any atom is 0.239 e. The van der Waals surface area contributed by atoms with Gasteiger partial charge in [0.2, 0.25) is 16.0 Å². The van der Waals surface area contributed by atoms with Crippen molar-refractivity contribution in [3.8, 4) is 11.3 Å². The second-order valence-corrected chi connectivity index (χ2v) is 15.9. The van der Waals surface area contributed by atoms with E-state index in [2.05, 4.69) is 29.6 Å². The van der Waals surface area contributed by atoms with E-state index in [4.69, 9.17) is 0 Å². The summed E-state index contributed by atoms with van der Waals surface area (Å²) in [4.78, 5) is 9.21. The molecule has 0 N–H and O–H groups in total. The molecule has 1 heterocycles. The van der Waals surface area contributed by atoms with E-state index in [9.17, 15) is 12.8 Å². The van der Waals surface area contributed by atoms with Gasteiger partial charge in [-0.15, -0.1) is 0 Å². The molecule has 0 saturated heterocycles. The molecule has 0 aliphatic heterocycles. The van der Waals surface area contributed by atoms with Gasteiger partial charge in [-0.05, 0) is 41.8 Å². The van der Waals surface area contributed by atoms with E-state index in [-0.39, 0.29) is 17.7 Å². The quantitative estimate of drug-likeness (QED) is 0.670. The van der Waals surface area contributed by atoms with Gasteiger partial charge >= 0.3 is 0 Å². The minimum atomic E-state index is -3.49. The van der Waals surface area contributed by atoms with Gasteiger partial charge in [-0.1, -0.05) is 33.5 Å². The zero-order valence-electron chi connectivity index (χ0n) is 17.0. The van der Waals surface area contributed by atoms with E-state index in [0.29, 0.717) is 5.69 Å². The predicted octanol–water partition coefficient (Wildman–Crippen LogP) is 4.22. The van der Waals surface area contributed by atoms with E-state index in [1.165, 1.54) is 19.2 Å². The molecule has 0 atom stereocenters. The van der Waals surface area contributed by atoms with E-state index in [1.54, 1.807) is 12.1 Å². The topological polar surface area (TPSA) is 63.2 Å². The first kappa shape index (κ1) is 21.5. The van der Waals surface area contributed by atoms with Gasteiger partial charge in [0, 0.05) is 20.7 Å². The molecule has 0 fully saturated rings. The maximum absolute atomic E-state index is 13.4. The summed E-state index contributed by atoms with van der Waals surface area (Å²) in [6, 6.07) is 7.00. The van der Waals surface area contributed by atoms with Crippen molar-refractivity contribution in [2.75, 3.05) is 17.6 Å². The van der Waals surface area contributed by atoms with Crippen LogP contribution in [0, 0.1) is 5.82 Å². The number of benzene rings is 1. The molecule has 27 heavy (non-hydrogen) atoms. The predicted molar refractivity (Wildman–Crippen MR) is 112 cm³/mol. The lowest BCUT2D eigenvalue weighted by Gasteiger charge is -2.25. The molecule has 1 aromatic heterocycles. The van der Waals surface area contributed by atoms with Crippen molar-refractivity contribution in [2.24, 2.45) is 0 Å². The molecular weight excluding hydrogens is 381 g/mol. The summed E-state index contributed by atoms with van der Waals surface area (Å²) in [6.07, 6.45) is 1.12. The average Bonchev–Trinajstić information content (AvgIpc) is 2.52. The van der Waals surface area contributed by atoms with Gasteiger partial charge in [-0.3, -0.25) is 0 Å². The molecular formula is C19H28FN3O2SSi. The number of anilines is 1.